The van der Waals surface area contributed by atoms with E-state index in [1.165, 1.54) is 13.0 Å². The molecule has 2 aromatic carbocycles. The molecule has 1 fully saturated rings. The number of benzene rings is 2. The van der Waals surface area contributed by atoms with Crippen LogP contribution in [0.4, 0.5) is 11.4 Å². The van der Waals surface area contributed by atoms with E-state index in [9.17, 15) is 24.5 Å². The Labute approximate surface area is 187 Å². The Bertz CT molecular complexity index is 1120. The Morgan fingerprint density at radius 1 is 1.28 bits per heavy atom. The van der Waals surface area contributed by atoms with Crippen LogP contribution in [0.25, 0.3) is 6.08 Å². The van der Waals surface area contributed by atoms with E-state index >= 15 is 0 Å². The first-order chi connectivity index (χ1) is 15.2. The van der Waals surface area contributed by atoms with Crippen molar-refractivity contribution in [3.63, 3.8) is 0 Å². The Kier molecular flexibility index (Phi) is 6.74. The molecule has 1 heterocycles. The van der Waals surface area contributed by atoms with Gasteiger partial charge in [-0.05, 0) is 38.1 Å². The topological polar surface area (TPSA) is 128 Å². The largest absolute Gasteiger partial charge is 0.471 e. The van der Waals surface area contributed by atoms with Crippen LogP contribution in [0.1, 0.15) is 19.4 Å². The molecule has 3 rings (SSSR count). The zero-order valence-corrected chi connectivity index (χ0v) is 17.8. The maximum atomic E-state index is 12.8. The summed E-state index contributed by atoms with van der Waals surface area (Å²) in [6.07, 6.45) is -0.0620. The van der Waals surface area contributed by atoms with Gasteiger partial charge in [0.15, 0.2) is 6.10 Å². The second kappa shape index (κ2) is 9.48. The van der Waals surface area contributed by atoms with Crippen LogP contribution in [0.3, 0.4) is 0 Å². The van der Waals surface area contributed by atoms with Crippen molar-refractivity contribution in [2.45, 2.75) is 20.0 Å². The minimum atomic E-state index is -1.19. The normalized spacial score (nSPS) is 15.5. The van der Waals surface area contributed by atoms with Crippen LogP contribution >= 0.6 is 11.6 Å². The van der Waals surface area contributed by atoms with Crippen molar-refractivity contribution in [3.8, 4) is 5.75 Å². The number of nitro benzene ring substituents is 1. The number of nitrogens with one attached hydrogen (secondary N) is 1. The number of esters is 1. The minimum Gasteiger partial charge on any atom is -0.471 e. The number of hydrazine groups is 1. The molecule has 1 atom stereocenters. The zero-order valence-electron chi connectivity index (χ0n) is 17.0. The molecule has 0 radical (unpaired) electrons. The fourth-order valence-corrected chi connectivity index (χ4v) is 3.15. The molecular formula is C21H18ClN3O7. The number of carbonyl (C=O) groups is 3. The summed E-state index contributed by atoms with van der Waals surface area (Å²) in [4.78, 5) is 48.1. The summed E-state index contributed by atoms with van der Waals surface area (Å²) < 4.78 is 10.4. The highest BCUT2D eigenvalue weighted by Gasteiger charge is 2.35. The van der Waals surface area contributed by atoms with Crippen molar-refractivity contribution < 1.29 is 28.8 Å². The van der Waals surface area contributed by atoms with E-state index in [4.69, 9.17) is 21.1 Å². The molecule has 1 unspecified atom stereocenters. The van der Waals surface area contributed by atoms with E-state index in [-0.39, 0.29) is 28.5 Å². The van der Waals surface area contributed by atoms with Gasteiger partial charge in [-0.1, -0.05) is 29.8 Å². The van der Waals surface area contributed by atoms with Crippen molar-refractivity contribution in [1.82, 2.24) is 5.43 Å². The van der Waals surface area contributed by atoms with Gasteiger partial charge in [-0.3, -0.25) is 25.1 Å². The van der Waals surface area contributed by atoms with Crippen molar-refractivity contribution in [1.29, 1.82) is 0 Å². The average Bonchev–Trinajstić information content (AvgIpc) is 3.04. The first-order valence-corrected chi connectivity index (χ1v) is 9.84. The van der Waals surface area contributed by atoms with Gasteiger partial charge in [0.05, 0.1) is 17.2 Å². The quantitative estimate of drug-likeness (QED) is 0.221. The maximum absolute atomic E-state index is 12.8. The smallest absolute Gasteiger partial charge is 0.347 e. The average molecular weight is 460 g/mol. The van der Waals surface area contributed by atoms with E-state index in [0.717, 1.165) is 17.2 Å². The summed E-state index contributed by atoms with van der Waals surface area (Å²) in [5.41, 5.74) is 2.01. The number of amides is 2. The van der Waals surface area contributed by atoms with E-state index in [0.29, 0.717) is 5.69 Å². The number of hydrogen-bond acceptors (Lipinski definition) is 7. The first kappa shape index (κ1) is 22.8. The van der Waals surface area contributed by atoms with Crippen molar-refractivity contribution in [3.05, 3.63) is 68.7 Å². The van der Waals surface area contributed by atoms with Crippen LogP contribution in [-0.2, 0) is 19.1 Å². The molecule has 166 valence electrons. The van der Waals surface area contributed by atoms with Crippen molar-refractivity contribution in [2.24, 2.45) is 0 Å². The molecule has 1 saturated heterocycles. The molecule has 0 aromatic heterocycles. The predicted octanol–water partition coefficient (Wildman–Crippen LogP) is 3.04. The number of para-hydroxylation sites is 1. The lowest BCUT2D eigenvalue weighted by molar-refractivity contribution is -0.386. The fourth-order valence-electron chi connectivity index (χ4n) is 2.93. The molecule has 0 spiro atoms. The molecule has 11 heteroatoms. The van der Waals surface area contributed by atoms with Crippen LogP contribution < -0.4 is 15.2 Å². The van der Waals surface area contributed by atoms with Crippen LogP contribution in [-0.4, -0.2) is 35.4 Å². The maximum Gasteiger partial charge on any atom is 0.347 e. The second-order valence-corrected chi connectivity index (χ2v) is 7.02. The van der Waals surface area contributed by atoms with Crippen LogP contribution in [0, 0.1) is 10.1 Å². The number of halogens is 1. The summed E-state index contributed by atoms with van der Waals surface area (Å²) in [5.74, 6) is -2.45. The van der Waals surface area contributed by atoms with E-state index in [2.05, 4.69) is 5.43 Å². The van der Waals surface area contributed by atoms with E-state index in [1.54, 1.807) is 37.3 Å². The number of carbonyl (C=O) groups excluding carboxylic acids is 3. The number of nitrogens with zero attached hydrogens (tertiary/aromatic N) is 2. The monoisotopic (exact) mass is 459 g/mol. The fraction of sp³-hybridized carbons (Fsp3) is 0.190. The number of hydrogen-bond donors (Lipinski definition) is 1. The molecule has 10 nitrogen and oxygen atoms in total. The molecular weight excluding hydrogens is 442 g/mol. The van der Waals surface area contributed by atoms with Gasteiger partial charge in [0.25, 0.3) is 11.8 Å². The molecule has 2 aromatic rings. The molecule has 32 heavy (non-hydrogen) atoms. The van der Waals surface area contributed by atoms with Crippen molar-refractivity contribution >= 4 is 46.8 Å². The Morgan fingerprint density at radius 3 is 2.59 bits per heavy atom. The second-order valence-electron chi connectivity index (χ2n) is 6.59. The molecule has 0 aliphatic carbocycles. The van der Waals surface area contributed by atoms with Crippen LogP contribution in [0.5, 0.6) is 5.75 Å². The number of ether oxygens (including phenoxy) is 2. The van der Waals surface area contributed by atoms with Gasteiger partial charge in [0.2, 0.25) is 5.75 Å². The van der Waals surface area contributed by atoms with Gasteiger partial charge in [-0.15, -0.1) is 0 Å². The molecule has 0 bridgehead atoms. The highest BCUT2D eigenvalue weighted by Crippen LogP contribution is 2.37. The third-order valence-electron chi connectivity index (χ3n) is 4.38. The highest BCUT2D eigenvalue weighted by molar-refractivity contribution is 6.32. The molecule has 2 amide bonds. The lowest BCUT2D eigenvalue weighted by Gasteiger charge is -2.16. The Hall–Kier alpha value is -3.92. The Balaban J connectivity index is 2.06. The molecule has 1 N–H and O–H groups in total. The number of anilines is 1. The summed E-state index contributed by atoms with van der Waals surface area (Å²) in [6, 6.07) is 10.7. The number of rotatable bonds is 7. The van der Waals surface area contributed by atoms with Crippen LogP contribution in [0.15, 0.2) is 48.0 Å². The van der Waals surface area contributed by atoms with E-state index in [1.807, 2.05) is 0 Å². The number of nitro groups is 1. The SMILES string of the molecule is CCOC(=O)C(C)Oc1c(C=C2C(=O)NN(c3ccccc3)C2=O)cc(Cl)cc1[N+](=O)[O-]. The summed E-state index contributed by atoms with van der Waals surface area (Å²) in [6.45, 7) is 3.06. The molecule has 1 aliphatic rings. The highest BCUT2D eigenvalue weighted by atomic mass is 35.5. The first-order valence-electron chi connectivity index (χ1n) is 9.46. The minimum absolute atomic E-state index is 0.0197. The third-order valence-corrected chi connectivity index (χ3v) is 4.60. The third kappa shape index (κ3) is 4.70. The Morgan fingerprint density at radius 2 is 1.97 bits per heavy atom. The van der Waals surface area contributed by atoms with Gasteiger partial charge in [0, 0.05) is 16.7 Å². The lowest BCUT2D eigenvalue weighted by Crippen LogP contribution is -2.35. The summed E-state index contributed by atoms with van der Waals surface area (Å²) in [7, 11) is 0. The lowest BCUT2D eigenvalue weighted by atomic mass is 10.1. The van der Waals surface area contributed by atoms with Gasteiger partial charge in [-0.25, -0.2) is 9.80 Å². The summed E-state index contributed by atoms with van der Waals surface area (Å²) >= 11 is 6.02. The predicted molar refractivity (Wildman–Crippen MR) is 115 cm³/mol. The van der Waals surface area contributed by atoms with Gasteiger partial charge < -0.3 is 9.47 Å². The van der Waals surface area contributed by atoms with Gasteiger partial charge >= 0.3 is 11.7 Å². The molecule has 1 aliphatic heterocycles. The zero-order chi connectivity index (χ0) is 23.4. The van der Waals surface area contributed by atoms with Gasteiger partial charge in [0.1, 0.15) is 5.57 Å². The van der Waals surface area contributed by atoms with Crippen molar-refractivity contribution in [2.75, 3.05) is 11.6 Å². The van der Waals surface area contributed by atoms with Crippen LogP contribution in [0.2, 0.25) is 5.02 Å². The van der Waals surface area contributed by atoms with Gasteiger partial charge in [-0.2, -0.15) is 0 Å². The summed E-state index contributed by atoms with van der Waals surface area (Å²) in [5, 5.41) is 12.6. The van der Waals surface area contributed by atoms with E-state index < -0.39 is 34.5 Å². The standard InChI is InChI=1S/C21H18ClN3O7/c1-3-31-21(28)12(2)32-18-13(9-14(22)11-17(18)25(29)30)10-16-19(26)23-24(20(16)27)15-7-5-4-6-8-15/h4-12H,3H2,1-2H3,(H,23,26). The molecule has 0 saturated carbocycles.